The van der Waals surface area contributed by atoms with E-state index in [1.807, 2.05) is 89.8 Å². The van der Waals surface area contributed by atoms with Crippen LogP contribution in [0.2, 0.25) is 0 Å². The molecule has 6 heteroatoms. The number of methoxy groups -OCH3 is 2. The third kappa shape index (κ3) is 7.23. The number of carbonyl (C=O) groups excluding carboxylic acids is 2. The van der Waals surface area contributed by atoms with Crippen molar-refractivity contribution in [3.05, 3.63) is 102 Å². The third-order valence-corrected chi connectivity index (χ3v) is 6.83. The van der Waals surface area contributed by atoms with Gasteiger partial charge in [-0.3, -0.25) is 9.59 Å². The van der Waals surface area contributed by atoms with Crippen LogP contribution in [0.15, 0.2) is 84.9 Å². The van der Waals surface area contributed by atoms with E-state index in [9.17, 15) is 9.59 Å². The average Bonchev–Trinajstić information content (AvgIpc) is 2.96. The number of hydrogen-bond donors (Lipinski definition) is 1. The normalized spacial score (nSPS) is 14.8. The molecule has 3 aromatic rings. The van der Waals surface area contributed by atoms with Crippen molar-refractivity contribution in [1.29, 1.82) is 0 Å². The Morgan fingerprint density at radius 3 is 2.08 bits per heavy atom. The first-order valence-electron chi connectivity index (χ1n) is 12.6. The highest BCUT2D eigenvalue weighted by Gasteiger charge is 2.28. The van der Waals surface area contributed by atoms with Crippen LogP contribution in [-0.4, -0.2) is 44.0 Å². The number of piperidine rings is 1. The van der Waals surface area contributed by atoms with Crippen LogP contribution in [-0.2, 0) is 16.0 Å². The highest BCUT2D eigenvalue weighted by atomic mass is 16.5. The lowest BCUT2D eigenvalue weighted by atomic mass is 9.93. The predicted molar refractivity (Wildman–Crippen MR) is 145 cm³/mol. The highest BCUT2D eigenvalue weighted by Crippen LogP contribution is 2.25. The van der Waals surface area contributed by atoms with Gasteiger partial charge in [0.2, 0.25) is 11.8 Å². The monoisotopic (exact) mass is 498 g/mol. The number of rotatable bonds is 9. The third-order valence-electron chi connectivity index (χ3n) is 6.83. The summed E-state index contributed by atoms with van der Waals surface area (Å²) in [7, 11) is 3.29. The molecule has 0 aromatic heterocycles. The summed E-state index contributed by atoms with van der Waals surface area (Å²) < 4.78 is 10.6. The van der Waals surface area contributed by atoms with Crippen LogP contribution in [0.4, 0.5) is 0 Å². The molecule has 1 aliphatic heterocycles. The zero-order chi connectivity index (χ0) is 26.0. The summed E-state index contributed by atoms with van der Waals surface area (Å²) in [5.74, 6) is 1.46. The van der Waals surface area contributed by atoms with Gasteiger partial charge in [0, 0.05) is 25.1 Å². The van der Waals surface area contributed by atoms with Crippen LogP contribution in [0, 0.1) is 5.92 Å². The fourth-order valence-electron chi connectivity index (χ4n) is 4.57. The minimum absolute atomic E-state index is 0.0154. The Morgan fingerprint density at radius 2 is 1.49 bits per heavy atom. The molecule has 2 amide bonds. The van der Waals surface area contributed by atoms with Crippen LogP contribution in [0.25, 0.3) is 6.08 Å². The van der Waals surface area contributed by atoms with Gasteiger partial charge in [0.15, 0.2) is 0 Å². The number of nitrogens with one attached hydrogen (secondary N) is 1. The van der Waals surface area contributed by atoms with Gasteiger partial charge in [0.1, 0.15) is 11.5 Å². The standard InChI is InChI=1S/C31H34N2O4/c1-36-27-13-8-24(9-14-27)22-29(25-11-15-28(37-2)16-12-25)32-31(35)26-18-20-33(21-19-26)30(34)17-10-23-6-4-3-5-7-23/h3-17,26,29H,18-22H2,1-2H3,(H,32,35)/b17-10+. The summed E-state index contributed by atoms with van der Waals surface area (Å²) in [5, 5.41) is 3.28. The van der Waals surface area contributed by atoms with Gasteiger partial charge in [-0.2, -0.15) is 0 Å². The predicted octanol–water partition coefficient (Wildman–Crippen LogP) is 5.06. The lowest BCUT2D eigenvalue weighted by molar-refractivity contribution is -0.132. The van der Waals surface area contributed by atoms with Crippen molar-refractivity contribution in [2.75, 3.05) is 27.3 Å². The van der Waals surface area contributed by atoms with E-state index in [1.54, 1.807) is 20.3 Å². The van der Waals surface area contributed by atoms with E-state index in [0.29, 0.717) is 32.4 Å². The Labute approximate surface area is 218 Å². The summed E-state index contributed by atoms with van der Waals surface area (Å²) in [4.78, 5) is 27.8. The Balaban J connectivity index is 1.38. The summed E-state index contributed by atoms with van der Waals surface area (Å²) >= 11 is 0. The van der Waals surface area contributed by atoms with Crippen molar-refractivity contribution >= 4 is 17.9 Å². The molecule has 0 saturated carbocycles. The molecule has 0 radical (unpaired) electrons. The molecule has 37 heavy (non-hydrogen) atoms. The van der Waals surface area contributed by atoms with E-state index in [0.717, 1.165) is 28.2 Å². The van der Waals surface area contributed by atoms with Gasteiger partial charge in [0.25, 0.3) is 0 Å². The maximum Gasteiger partial charge on any atom is 0.246 e. The fourth-order valence-corrected chi connectivity index (χ4v) is 4.57. The van der Waals surface area contributed by atoms with Crippen molar-refractivity contribution in [2.24, 2.45) is 5.92 Å². The van der Waals surface area contributed by atoms with Gasteiger partial charge in [-0.15, -0.1) is 0 Å². The molecule has 1 fully saturated rings. The quantitative estimate of drug-likeness (QED) is 0.419. The van der Waals surface area contributed by atoms with Crippen molar-refractivity contribution in [1.82, 2.24) is 10.2 Å². The van der Waals surface area contributed by atoms with Crippen LogP contribution in [0.1, 0.15) is 35.6 Å². The van der Waals surface area contributed by atoms with Crippen LogP contribution in [0.3, 0.4) is 0 Å². The lowest BCUT2D eigenvalue weighted by Crippen LogP contribution is -2.43. The molecule has 6 nitrogen and oxygen atoms in total. The molecule has 1 saturated heterocycles. The number of likely N-dealkylation sites (tertiary alicyclic amines) is 1. The van der Waals surface area contributed by atoms with Gasteiger partial charge in [-0.05, 0) is 66.3 Å². The van der Waals surface area contributed by atoms with Crippen LogP contribution < -0.4 is 14.8 Å². The number of hydrogen-bond acceptors (Lipinski definition) is 4. The molecule has 0 aliphatic carbocycles. The molecule has 1 N–H and O–H groups in total. The topological polar surface area (TPSA) is 67.9 Å². The van der Waals surface area contributed by atoms with Gasteiger partial charge in [-0.25, -0.2) is 0 Å². The van der Waals surface area contributed by atoms with E-state index in [2.05, 4.69) is 5.32 Å². The van der Waals surface area contributed by atoms with Crippen molar-refractivity contribution in [3.8, 4) is 11.5 Å². The van der Waals surface area contributed by atoms with Gasteiger partial charge >= 0.3 is 0 Å². The largest absolute Gasteiger partial charge is 0.497 e. The van der Waals surface area contributed by atoms with E-state index in [1.165, 1.54) is 0 Å². The molecule has 0 bridgehead atoms. The first-order valence-corrected chi connectivity index (χ1v) is 12.6. The molecular weight excluding hydrogens is 464 g/mol. The Hall–Kier alpha value is -4.06. The molecule has 1 atom stereocenters. The van der Waals surface area contributed by atoms with Crippen molar-refractivity contribution < 1.29 is 19.1 Å². The SMILES string of the molecule is COc1ccc(CC(NC(=O)C2CCN(C(=O)/C=C/c3ccccc3)CC2)c2ccc(OC)cc2)cc1. The number of benzene rings is 3. The van der Waals surface area contributed by atoms with Crippen LogP contribution >= 0.6 is 0 Å². The second-order valence-electron chi connectivity index (χ2n) is 9.23. The average molecular weight is 499 g/mol. The lowest BCUT2D eigenvalue weighted by Gasteiger charge is -2.32. The Kier molecular flexibility index (Phi) is 8.98. The molecule has 1 aliphatic rings. The van der Waals surface area contributed by atoms with Gasteiger partial charge in [-0.1, -0.05) is 54.6 Å². The zero-order valence-electron chi connectivity index (χ0n) is 21.4. The molecule has 0 spiro atoms. The molecule has 4 rings (SSSR count). The Bertz CT molecular complexity index is 1180. The fraction of sp³-hybridized carbons (Fsp3) is 0.290. The summed E-state index contributed by atoms with van der Waals surface area (Å²) in [6, 6.07) is 25.3. The first kappa shape index (κ1) is 26.0. The summed E-state index contributed by atoms with van der Waals surface area (Å²) in [6.45, 7) is 1.14. The second-order valence-corrected chi connectivity index (χ2v) is 9.23. The van der Waals surface area contributed by atoms with Gasteiger partial charge < -0.3 is 19.7 Å². The molecule has 192 valence electrons. The minimum atomic E-state index is -0.180. The number of carbonyl (C=O) groups is 2. The van der Waals surface area contributed by atoms with Crippen molar-refractivity contribution in [2.45, 2.75) is 25.3 Å². The van der Waals surface area contributed by atoms with E-state index < -0.39 is 0 Å². The first-order chi connectivity index (χ1) is 18.1. The number of amides is 2. The van der Waals surface area contributed by atoms with E-state index >= 15 is 0 Å². The van der Waals surface area contributed by atoms with Gasteiger partial charge in [0.05, 0.1) is 20.3 Å². The number of nitrogens with zero attached hydrogens (tertiary/aromatic N) is 1. The zero-order valence-corrected chi connectivity index (χ0v) is 21.4. The minimum Gasteiger partial charge on any atom is -0.497 e. The molecule has 1 heterocycles. The smallest absolute Gasteiger partial charge is 0.246 e. The molecule has 1 unspecified atom stereocenters. The molecular formula is C31H34N2O4. The summed E-state index contributed by atoms with van der Waals surface area (Å²) in [6.07, 6.45) is 5.40. The number of ether oxygens (including phenoxy) is 2. The molecule has 3 aromatic carbocycles. The van der Waals surface area contributed by atoms with E-state index in [4.69, 9.17) is 9.47 Å². The maximum absolute atomic E-state index is 13.3. The van der Waals surface area contributed by atoms with Crippen LogP contribution in [0.5, 0.6) is 11.5 Å². The van der Waals surface area contributed by atoms with E-state index in [-0.39, 0.29) is 23.8 Å². The highest BCUT2D eigenvalue weighted by molar-refractivity contribution is 5.92. The van der Waals surface area contributed by atoms with Crippen molar-refractivity contribution in [3.63, 3.8) is 0 Å². The summed E-state index contributed by atoms with van der Waals surface area (Å²) in [5.41, 5.74) is 3.11. The Morgan fingerprint density at radius 1 is 0.892 bits per heavy atom. The maximum atomic E-state index is 13.3. The second kappa shape index (κ2) is 12.8.